The highest BCUT2D eigenvalue weighted by atomic mass is 32.2. The fourth-order valence-corrected chi connectivity index (χ4v) is 5.38. The van der Waals surface area contributed by atoms with Crippen LogP contribution in [0.5, 0.6) is 0 Å². The maximum absolute atomic E-state index is 13.0. The van der Waals surface area contributed by atoms with Gasteiger partial charge in [-0.15, -0.1) is 0 Å². The fraction of sp³-hybridized carbons (Fsp3) is 0.292. The Morgan fingerprint density at radius 2 is 1.77 bits per heavy atom. The van der Waals surface area contributed by atoms with Gasteiger partial charge >= 0.3 is 0 Å². The molecule has 182 valence electrons. The number of fused-ring (bicyclic) bond motifs is 1. The molecule has 4 aromatic rings. The average Bonchev–Trinajstić information content (AvgIpc) is 3.43. The number of hydrogen-bond donors (Lipinski definition) is 2. The molecule has 5 rings (SSSR count). The fourth-order valence-electron chi connectivity index (χ4n) is 4.29. The predicted octanol–water partition coefficient (Wildman–Crippen LogP) is 2.54. The normalized spacial score (nSPS) is 15.0. The first-order valence-electron chi connectivity index (χ1n) is 11.5. The van der Waals surface area contributed by atoms with E-state index in [-0.39, 0.29) is 17.1 Å². The monoisotopic (exact) mass is 493 g/mol. The van der Waals surface area contributed by atoms with Crippen LogP contribution in [0.2, 0.25) is 0 Å². The molecule has 0 bridgehead atoms. The van der Waals surface area contributed by atoms with Crippen molar-refractivity contribution in [3.8, 4) is 11.1 Å². The van der Waals surface area contributed by atoms with Crippen LogP contribution in [0.3, 0.4) is 0 Å². The summed E-state index contributed by atoms with van der Waals surface area (Å²) in [4.78, 5) is 19.7. The van der Waals surface area contributed by atoms with Gasteiger partial charge < -0.3 is 14.8 Å². The number of hydrogen-bond acceptors (Lipinski definition) is 7. The Kier molecular flexibility index (Phi) is 6.03. The number of H-pyrrole nitrogens is 1. The Labute approximate surface area is 203 Å². The van der Waals surface area contributed by atoms with Crippen LogP contribution >= 0.6 is 0 Å². The van der Waals surface area contributed by atoms with Gasteiger partial charge in [0.05, 0.1) is 23.0 Å². The minimum atomic E-state index is -3.15. The van der Waals surface area contributed by atoms with Gasteiger partial charge in [-0.3, -0.25) is 9.89 Å². The van der Waals surface area contributed by atoms with Gasteiger partial charge in [-0.1, -0.05) is 6.07 Å². The SMILES string of the molecule is CCS(=O)(=O)N1CCN(c2ccc(Nc3nc4ccc(-c5cn[nH]c5)cc4n(C)c3=O)cc2)CC1. The Balaban J connectivity index is 1.33. The van der Waals surface area contributed by atoms with Crippen LogP contribution in [0.15, 0.2) is 59.7 Å². The highest BCUT2D eigenvalue weighted by Gasteiger charge is 2.25. The summed E-state index contributed by atoms with van der Waals surface area (Å²) in [6.07, 6.45) is 3.54. The van der Waals surface area contributed by atoms with Gasteiger partial charge in [-0.2, -0.15) is 9.40 Å². The summed E-state index contributed by atoms with van der Waals surface area (Å²) in [6, 6.07) is 13.5. The molecule has 2 aromatic carbocycles. The van der Waals surface area contributed by atoms with Crippen LogP contribution in [-0.4, -0.2) is 64.4 Å². The van der Waals surface area contributed by atoms with Gasteiger partial charge in [0.2, 0.25) is 10.0 Å². The number of piperazine rings is 1. The van der Waals surface area contributed by atoms with Gasteiger partial charge in [0.1, 0.15) is 0 Å². The Hall–Kier alpha value is -3.70. The van der Waals surface area contributed by atoms with Crippen molar-refractivity contribution in [2.45, 2.75) is 6.92 Å². The molecule has 11 heteroatoms. The quantitative estimate of drug-likeness (QED) is 0.424. The van der Waals surface area contributed by atoms with E-state index in [4.69, 9.17) is 0 Å². The van der Waals surface area contributed by atoms with Crippen LogP contribution in [0, 0.1) is 0 Å². The summed E-state index contributed by atoms with van der Waals surface area (Å²) < 4.78 is 27.3. The molecule has 0 aliphatic carbocycles. The van der Waals surface area contributed by atoms with Crippen molar-refractivity contribution >= 4 is 38.2 Å². The molecule has 2 N–H and O–H groups in total. The zero-order valence-electron chi connectivity index (χ0n) is 19.6. The third kappa shape index (κ3) is 4.52. The largest absolute Gasteiger partial charge is 0.369 e. The number of nitrogens with zero attached hydrogens (tertiary/aromatic N) is 5. The number of aromatic nitrogens is 4. The summed E-state index contributed by atoms with van der Waals surface area (Å²) in [6.45, 7) is 3.91. The van der Waals surface area contributed by atoms with Gasteiger partial charge in [0.25, 0.3) is 5.56 Å². The standard InChI is InChI=1S/C24H27N7O3S/c1-3-35(33,34)31-12-10-30(11-13-31)20-7-5-19(6-8-20)27-23-24(32)29(2)22-14-17(4-9-21(22)28-23)18-15-25-26-16-18/h4-9,14-16H,3,10-13H2,1-2H3,(H,25,26)(H,27,28). The Bertz CT molecular complexity index is 1510. The van der Waals surface area contributed by atoms with Gasteiger partial charge in [-0.25, -0.2) is 13.4 Å². The molecule has 1 aliphatic rings. The van der Waals surface area contributed by atoms with E-state index in [2.05, 4.69) is 25.4 Å². The van der Waals surface area contributed by atoms with Crippen molar-refractivity contribution in [3.63, 3.8) is 0 Å². The molecule has 0 spiro atoms. The summed E-state index contributed by atoms with van der Waals surface area (Å²) in [5, 5.41) is 9.93. The van der Waals surface area contributed by atoms with Gasteiger partial charge in [0.15, 0.2) is 5.82 Å². The number of benzene rings is 2. The molecule has 0 radical (unpaired) electrons. The van der Waals surface area contributed by atoms with E-state index < -0.39 is 10.0 Å². The van der Waals surface area contributed by atoms with E-state index in [1.54, 1.807) is 35.2 Å². The molecule has 1 aliphatic heterocycles. The van der Waals surface area contributed by atoms with Crippen molar-refractivity contribution in [2.75, 3.05) is 42.1 Å². The van der Waals surface area contributed by atoms with Crippen LogP contribution in [0.4, 0.5) is 17.2 Å². The lowest BCUT2D eigenvalue weighted by molar-refractivity contribution is 0.385. The second-order valence-electron chi connectivity index (χ2n) is 8.47. The van der Waals surface area contributed by atoms with Crippen LogP contribution < -0.4 is 15.8 Å². The maximum atomic E-state index is 13.0. The van der Waals surface area contributed by atoms with Crippen molar-refractivity contribution in [1.82, 2.24) is 24.1 Å². The lowest BCUT2D eigenvalue weighted by atomic mass is 10.1. The van der Waals surface area contributed by atoms with Crippen molar-refractivity contribution in [3.05, 3.63) is 65.2 Å². The second-order valence-corrected chi connectivity index (χ2v) is 10.7. The highest BCUT2D eigenvalue weighted by molar-refractivity contribution is 7.89. The smallest absolute Gasteiger partial charge is 0.293 e. The van der Waals surface area contributed by atoms with Gasteiger partial charge in [-0.05, 0) is 48.9 Å². The first kappa shape index (κ1) is 23.1. The molecular formula is C24H27N7O3S. The number of anilines is 3. The van der Waals surface area contributed by atoms with E-state index in [1.807, 2.05) is 42.5 Å². The topological polar surface area (TPSA) is 116 Å². The number of nitrogens with one attached hydrogen (secondary N) is 2. The molecule has 2 aromatic heterocycles. The van der Waals surface area contributed by atoms with Crippen molar-refractivity contribution in [1.29, 1.82) is 0 Å². The number of sulfonamides is 1. The molecule has 0 atom stereocenters. The zero-order valence-corrected chi connectivity index (χ0v) is 20.4. The summed E-state index contributed by atoms with van der Waals surface area (Å²) in [7, 11) is -1.42. The summed E-state index contributed by atoms with van der Waals surface area (Å²) >= 11 is 0. The highest BCUT2D eigenvalue weighted by Crippen LogP contribution is 2.24. The summed E-state index contributed by atoms with van der Waals surface area (Å²) in [5.74, 6) is 0.378. The van der Waals surface area contributed by atoms with Crippen LogP contribution in [0.25, 0.3) is 22.2 Å². The molecular weight excluding hydrogens is 466 g/mol. The maximum Gasteiger partial charge on any atom is 0.293 e. The number of aryl methyl sites for hydroxylation is 1. The van der Waals surface area contributed by atoms with E-state index in [0.717, 1.165) is 28.0 Å². The summed E-state index contributed by atoms with van der Waals surface area (Å²) in [5.41, 5.74) is 4.87. The lowest BCUT2D eigenvalue weighted by Crippen LogP contribution is -2.49. The molecule has 3 heterocycles. The van der Waals surface area contributed by atoms with Crippen molar-refractivity contribution < 1.29 is 8.42 Å². The lowest BCUT2D eigenvalue weighted by Gasteiger charge is -2.35. The van der Waals surface area contributed by atoms with E-state index in [1.165, 1.54) is 0 Å². The van der Waals surface area contributed by atoms with Crippen LogP contribution in [0.1, 0.15) is 6.92 Å². The molecule has 0 unspecified atom stereocenters. The molecule has 35 heavy (non-hydrogen) atoms. The molecule has 0 saturated carbocycles. The zero-order chi connectivity index (χ0) is 24.6. The first-order valence-corrected chi connectivity index (χ1v) is 13.1. The Morgan fingerprint density at radius 3 is 2.43 bits per heavy atom. The molecule has 10 nitrogen and oxygen atoms in total. The predicted molar refractivity (Wildman–Crippen MR) is 138 cm³/mol. The third-order valence-corrected chi connectivity index (χ3v) is 8.28. The molecule has 1 fully saturated rings. The molecule has 1 saturated heterocycles. The average molecular weight is 494 g/mol. The Morgan fingerprint density at radius 1 is 1.03 bits per heavy atom. The minimum absolute atomic E-state index is 0.126. The number of rotatable bonds is 6. The second kappa shape index (κ2) is 9.16. The minimum Gasteiger partial charge on any atom is -0.369 e. The first-order chi connectivity index (χ1) is 16.9. The van der Waals surface area contributed by atoms with Gasteiger partial charge in [0, 0.05) is 56.4 Å². The van der Waals surface area contributed by atoms with E-state index in [0.29, 0.717) is 31.7 Å². The third-order valence-electron chi connectivity index (χ3n) is 6.40. The van der Waals surface area contributed by atoms with E-state index >= 15 is 0 Å². The molecule has 0 amide bonds. The van der Waals surface area contributed by atoms with Crippen LogP contribution in [-0.2, 0) is 17.1 Å². The number of aromatic amines is 1. The van der Waals surface area contributed by atoms with E-state index in [9.17, 15) is 13.2 Å². The van der Waals surface area contributed by atoms with Crippen molar-refractivity contribution in [2.24, 2.45) is 7.05 Å².